The molecule has 1 saturated heterocycles. The topological polar surface area (TPSA) is 34.1 Å². The smallest absolute Gasteiger partial charge is 0.0860 e. The molecule has 1 aromatic carbocycles. The fourth-order valence-electron chi connectivity index (χ4n) is 2.70. The molecule has 0 amide bonds. The van der Waals surface area contributed by atoms with E-state index in [9.17, 15) is 0 Å². The second kappa shape index (κ2) is 5.45. The van der Waals surface area contributed by atoms with Crippen LogP contribution in [-0.2, 0) is 4.74 Å². The number of hydrogen-bond acceptors (Lipinski definition) is 3. The van der Waals surface area contributed by atoms with Gasteiger partial charge in [-0.05, 0) is 38.1 Å². The lowest BCUT2D eigenvalue weighted by molar-refractivity contribution is 0.00231. The van der Waals surface area contributed by atoms with E-state index in [1.807, 2.05) is 31.3 Å². The first kappa shape index (κ1) is 12.9. The highest BCUT2D eigenvalue weighted by Crippen LogP contribution is 2.34. The number of aromatic nitrogens is 1. The van der Waals surface area contributed by atoms with Crippen LogP contribution in [0.5, 0.6) is 0 Å². The molecule has 1 aliphatic rings. The van der Waals surface area contributed by atoms with Crippen molar-refractivity contribution in [3.63, 3.8) is 0 Å². The molecule has 3 nitrogen and oxygen atoms in total. The molecule has 1 N–H and O–H groups in total. The Hall–Kier alpha value is -1.16. The van der Waals surface area contributed by atoms with Crippen LogP contribution in [-0.4, -0.2) is 24.7 Å². The molecule has 0 spiro atoms. The quantitative estimate of drug-likeness (QED) is 0.914. The number of nitrogens with zero attached hydrogens (tertiary/aromatic N) is 1. The van der Waals surface area contributed by atoms with E-state index >= 15 is 0 Å². The fourth-order valence-corrected chi connectivity index (χ4v) is 2.91. The predicted octanol–water partition coefficient (Wildman–Crippen LogP) is 3.33. The second-order valence-corrected chi connectivity index (χ2v) is 5.31. The van der Waals surface area contributed by atoms with E-state index in [2.05, 4.69) is 10.3 Å². The van der Waals surface area contributed by atoms with Crippen molar-refractivity contribution in [2.24, 2.45) is 0 Å². The largest absolute Gasteiger partial charge is 0.373 e. The van der Waals surface area contributed by atoms with Crippen LogP contribution < -0.4 is 5.32 Å². The van der Waals surface area contributed by atoms with Gasteiger partial charge in [-0.15, -0.1) is 0 Å². The second-order valence-electron chi connectivity index (χ2n) is 4.91. The van der Waals surface area contributed by atoms with Crippen molar-refractivity contribution in [3.05, 3.63) is 41.0 Å². The normalized spacial score (nSPS) is 23.7. The molecular formula is C15H17ClN2O. The van der Waals surface area contributed by atoms with E-state index in [1.165, 1.54) is 0 Å². The molecule has 4 heteroatoms. The van der Waals surface area contributed by atoms with Gasteiger partial charge in [0.15, 0.2) is 0 Å². The van der Waals surface area contributed by atoms with Gasteiger partial charge in [-0.25, -0.2) is 0 Å². The number of nitrogens with one attached hydrogen (secondary N) is 1. The Morgan fingerprint density at radius 1 is 1.37 bits per heavy atom. The van der Waals surface area contributed by atoms with Crippen molar-refractivity contribution in [1.82, 2.24) is 10.3 Å². The molecule has 1 aliphatic heterocycles. The monoisotopic (exact) mass is 276 g/mol. The summed E-state index contributed by atoms with van der Waals surface area (Å²) in [7, 11) is 2.01. The molecule has 2 atom stereocenters. The summed E-state index contributed by atoms with van der Waals surface area (Å²) >= 11 is 6.23. The summed E-state index contributed by atoms with van der Waals surface area (Å²) in [5.41, 5.74) is 2.09. The van der Waals surface area contributed by atoms with Crippen LogP contribution >= 0.6 is 11.6 Å². The lowest BCUT2D eigenvalue weighted by Crippen LogP contribution is -2.33. The molecule has 0 bridgehead atoms. The Balaban J connectivity index is 2.03. The third-order valence-corrected chi connectivity index (χ3v) is 4.12. The summed E-state index contributed by atoms with van der Waals surface area (Å²) in [6, 6.07) is 8.41. The molecule has 2 aromatic rings. The molecule has 19 heavy (non-hydrogen) atoms. The average molecular weight is 277 g/mol. The highest BCUT2D eigenvalue weighted by atomic mass is 35.5. The number of hydrogen-bond donors (Lipinski definition) is 1. The van der Waals surface area contributed by atoms with Gasteiger partial charge >= 0.3 is 0 Å². The molecule has 0 aliphatic carbocycles. The Labute approximate surface area is 117 Å². The zero-order chi connectivity index (χ0) is 13.2. The Kier molecular flexibility index (Phi) is 3.69. The summed E-state index contributed by atoms with van der Waals surface area (Å²) in [5.74, 6) is 0. The van der Waals surface area contributed by atoms with E-state index in [-0.39, 0.29) is 6.10 Å². The van der Waals surface area contributed by atoms with E-state index in [1.54, 1.807) is 6.20 Å². The fraction of sp³-hybridized carbons (Fsp3) is 0.400. The lowest BCUT2D eigenvalue weighted by atomic mass is 9.95. The minimum Gasteiger partial charge on any atom is -0.373 e. The molecule has 0 saturated carbocycles. The van der Waals surface area contributed by atoms with Crippen molar-refractivity contribution in [3.8, 4) is 0 Å². The number of fused-ring (bicyclic) bond motifs is 1. The first-order valence-electron chi connectivity index (χ1n) is 6.61. The van der Waals surface area contributed by atoms with Crippen molar-refractivity contribution < 1.29 is 4.74 Å². The van der Waals surface area contributed by atoms with Crippen molar-refractivity contribution in [2.45, 2.75) is 25.0 Å². The van der Waals surface area contributed by atoms with Gasteiger partial charge in [-0.1, -0.05) is 17.7 Å². The predicted molar refractivity (Wildman–Crippen MR) is 77.5 cm³/mol. The molecule has 0 radical (unpaired) electrons. The highest BCUT2D eigenvalue weighted by Gasteiger charge is 2.24. The summed E-state index contributed by atoms with van der Waals surface area (Å²) in [4.78, 5) is 4.48. The number of ether oxygens (including phenoxy) is 1. The maximum atomic E-state index is 6.23. The van der Waals surface area contributed by atoms with Gasteiger partial charge in [0.1, 0.15) is 0 Å². The minimum absolute atomic E-state index is 0.0980. The van der Waals surface area contributed by atoms with Gasteiger partial charge in [0.2, 0.25) is 0 Å². The Morgan fingerprint density at radius 3 is 3.11 bits per heavy atom. The molecule has 1 aromatic heterocycles. The van der Waals surface area contributed by atoms with Gasteiger partial charge in [-0.3, -0.25) is 4.98 Å². The van der Waals surface area contributed by atoms with Crippen LogP contribution in [0.4, 0.5) is 0 Å². The van der Waals surface area contributed by atoms with Crippen molar-refractivity contribution >= 4 is 22.5 Å². The van der Waals surface area contributed by atoms with Crippen LogP contribution in [0.15, 0.2) is 30.5 Å². The van der Waals surface area contributed by atoms with Crippen LogP contribution in [0.1, 0.15) is 24.5 Å². The van der Waals surface area contributed by atoms with Crippen molar-refractivity contribution in [1.29, 1.82) is 0 Å². The molecule has 1 fully saturated rings. The number of rotatable bonds is 2. The zero-order valence-electron chi connectivity index (χ0n) is 10.9. The molecular weight excluding hydrogens is 260 g/mol. The van der Waals surface area contributed by atoms with E-state index in [0.717, 1.165) is 40.9 Å². The summed E-state index contributed by atoms with van der Waals surface area (Å²) < 4.78 is 5.92. The number of halogens is 1. The van der Waals surface area contributed by atoms with Gasteiger partial charge in [0.25, 0.3) is 0 Å². The Bertz CT molecular complexity index is 587. The molecule has 2 heterocycles. The van der Waals surface area contributed by atoms with E-state index in [4.69, 9.17) is 16.3 Å². The summed E-state index contributed by atoms with van der Waals surface area (Å²) in [5, 5.41) is 5.08. The third-order valence-electron chi connectivity index (χ3n) is 3.79. The van der Waals surface area contributed by atoms with E-state index in [0.29, 0.717) is 6.04 Å². The molecule has 100 valence electrons. The highest BCUT2D eigenvalue weighted by molar-refractivity contribution is 6.35. The maximum Gasteiger partial charge on any atom is 0.0860 e. The Morgan fingerprint density at radius 2 is 2.26 bits per heavy atom. The van der Waals surface area contributed by atoms with Gasteiger partial charge in [-0.2, -0.15) is 0 Å². The summed E-state index contributed by atoms with van der Waals surface area (Å²) in [6.07, 6.45) is 3.94. The van der Waals surface area contributed by atoms with Crippen molar-refractivity contribution in [2.75, 3.05) is 13.7 Å². The van der Waals surface area contributed by atoms with Crippen LogP contribution in [0.25, 0.3) is 10.9 Å². The van der Waals surface area contributed by atoms with Crippen LogP contribution in [0.2, 0.25) is 5.02 Å². The average Bonchev–Trinajstić information content (AvgIpc) is 2.48. The SMILES string of the molecule is CNC1CCOC(c2ccc(Cl)c3cccnc23)C1. The third kappa shape index (κ3) is 2.46. The first-order valence-corrected chi connectivity index (χ1v) is 6.99. The number of benzene rings is 1. The minimum atomic E-state index is 0.0980. The first-order chi connectivity index (χ1) is 9.29. The molecule has 3 rings (SSSR count). The van der Waals surface area contributed by atoms with Gasteiger partial charge in [0.05, 0.1) is 11.6 Å². The van der Waals surface area contributed by atoms with Crippen LogP contribution in [0.3, 0.4) is 0 Å². The molecule has 2 unspecified atom stereocenters. The van der Waals surface area contributed by atoms with E-state index < -0.39 is 0 Å². The summed E-state index contributed by atoms with van der Waals surface area (Å²) in [6.45, 7) is 0.785. The zero-order valence-corrected chi connectivity index (χ0v) is 11.7. The maximum absolute atomic E-state index is 6.23. The van der Waals surface area contributed by atoms with Gasteiger partial charge < -0.3 is 10.1 Å². The van der Waals surface area contributed by atoms with Gasteiger partial charge in [0, 0.05) is 34.8 Å². The number of pyridine rings is 1. The standard InChI is InChI=1S/C15H17ClN2O/c1-17-10-6-8-19-14(9-10)12-4-5-13(16)11-3-2-7-18-15(11)12/h2-5,7,10,14,17H,6,8-9H2,1H3. The lowest BCUT2D eigenvalue weighted by Gasteiger charge is -2.30. The van der Waals surface area contributed by atoms with Crippen LogP contribution in [0, 0.1) is 0 Å².